The predicted molar refractivity (Wildman–Crippen MR) is 99.8 cm³/mol. The highest BCUT2D eigenvalue weighted by atomic mass is 32.2. The van der Waals surface area contributed by atoms with E-state index in [1.165, 1.54) is 23.1 Å². The van der Waals surface area contributed by atoms with Crippen LogP contribution in [0.2, 0.25) is 0 Å². The fourth-order valence-electron chi connectivity index (χ4n) is 2.50. The van der Waals surface area contributed by atoms with Gasteiger partial charge >= 0.3 is 0 Å². The Labute approximate surface area is 151 Å². The van der Waals surface area contributed by atoms with Crippen molar-refractivity contribution in [2.45, 2.75) is 5.16 Å². The number of amides is 1. The third kappa shape index (κ3) is 3.15. The van der Waals surface area contributed by atoms with E-state index >= 15 is 0 Å². The minimum absolute atomic E-state index is 0.114. The summed E-state index contributed by atoms with van der Waals surface area (Å²) in [4.78, 5) is 19.3. The Bertz CT molecular complexity index is 1020. The van der Waals surface area contributed by atoms with Crippen LogP contribution in [0.4, 0.5) is 5.13 Å². The van der Waals surface area contributed by atoms with E-state index in [1.807, 2.05) is 47.5 Å². The second-order valence-electron chi connectivity index (χ2n) is 5.29. The van der Waals surface area contributed by atoms with Crippen molar-refractivity contribution in [3.8, 4) is 11.4 Å². The minimum Gasteiger partial charge on any atom is -0.360 e. The van der Waals surface area contributed by atoms with Gasteiger partial charge in [0.1, 0.15) is 0 Å². The van der Waals surface area contributed by atoms with Crippen LogP contribution in [0.3, 0.4) is 0 Å². The highest BCUT2D eigenvalue weighted by Gasteiger charge is 2.16. The number of para-hydroxylation sites is 1. The van der Waals surface area contributed by atoms with Gasteiger partial charge in [0.15, 0.2) is 16.1 Å². The molecule has 9 heteroatoms. The lowest BCUT2D eigenvalue weighted by Gasteiger charge is -2.03. The SMILES string of the molecule is Cn1c(SCC(=O)Nc2nccs2)nnc1-c1c[nH]c2ccccc12. The first-order chi connectivity index (χ1) is 12.2. The molecule has 126 valence electrons. The first-order valence-electron chi connectivity index (χ1n) is 7.50. The number of benzene rings is 1. The molecular formula is C16H14N6OS2. The topological polar surface area (TPSA) is 88.5 Å². The molecule has 0 fully saturated rings. The van der Waals surface area contributed by atoms with Crippen LogP contribution < -0.4 is 5.32 Å². The fourth-order valence-corrected chi connectivity index (χ4v) is 3.76. The Morgan fingerprint density at radius 1 is 1.36 bits per heavy atom. The van der Waals surface area contributed by atoms with Crippen LogP contribution >= 0.6 is 23.1 Å². The van der Waals surface area contributed by atoms with Crippen LogP contribution in [0.1, 0.15) is 0 Å². The van der Waals surface area contributed by atoms with E-state index in [9.17, 15) is 4.79 Å². The van der Waals surface area contributed by atoms with Crippen LogP contribution in [0.15, 0.2) is 47.2 Å². The molecular weight excluding hydrogens is 356 g/mol. The summed E-state index contributed by atoms with van der Waals surface area (Å²) in [6.07, 6.45) is 3.59. The van der Waals surface area contributed by atoms with Crippen LogP contribution in [-0.4, -0.2) is 36.4 Å². The first kappa shape index (κ1) is 15.9. The molecule has 0 aliphatic rings. The van der Waals surface area contributed by atoms with Gasteiger partial charge in [0.2, 0.25) is 5.91 Å². The van der Waals surface area contributed by atoms with Crippen LogP contribution in [0.25, 0.3) is 22.3 Å². The third-order valence-electron chi connectivity index (χ3n) is 3.68. The molecule has 0 radical (unpaired) electrons. The number of nitrogens with zero attached hydrogens (tertiary/aromatic N) is 4. The Balaban J connectivity index is 1.50. The van der Waals surface area contributed by atoms with Gasteiger partial charge in [-0.15, -0.1) is 21.5 Å². The summed E-state index contributed by atoms with van der Waals surface area (Å²) in [5.41, 5.74) is 2.04. The molecule has 0 saturated carbocycles. The van der Waals surface area contributed by atoms with Crippen LogP contribution in [0, 0.1) is 0 Å². The van der Waals surface area contributed by atoms with Crippen LogP contribution in [-0.2, 0) is 11.8 Å². The molecule has 0 aliphatic heterocycles. The maximum Gasteiger partial charge on any atom is 0.236 e. The van der Waals surface area contributed by atoms with Crippen molar-refractivity contribution in [3.63, 3.8) is 0 Å². The summed E-state index contributed by atoms with van der Waals surface area (Å²) >= 11 is 2.74. The third-order valence-corrected chi connectivity index (χ3v) is 5.38. The molecule has 7 nitrogen and oxygen atoms in total. The van der Waals surface area contributed by atoms with E-state index in [1.54, 1.807) is 6.20 Å². The number of aromatic amines is 1. The molecule has 3 heterocycles. The number of carbonyl (C=O) groups is 1. The number of anilines is 1. The quantitative estimate of drug-likeness (QED) is 0.527. The molecule has 4 aromatic rings. The van der Waals surface area contributed by atoms with Crippen molar-refractivity contribution in [3.05, 3.63) is 42.0 Å². The van der Waals surface area contributed by atoms with Gasteiger partial charge in [0.05, 0.1) is 5.75 Å². The van der Waals surface area contributed by atoms with Crippen molar-refractivity contribution < 1.29 is 4.79 Å². The molecule has 0 unspecified atom stereocenters. The van der Waals surface area contributed by atoms with Crippen molar-refractivity contribution in [1.29, 1.82) is 0 Å². The lowest BCUT2D eigenvalue weighted by Crippen LogP contribution is -2.14. The standard InChI is InChI=1S/C16H14N6OS2/c1-22-14(11-8-18-12-5-3-2-4-10(11)12)20-21-16(22)25-9-13(23)19-15-17-6-7-24-15/h2-8,18H,9H2,1H3,(H,17,19,23). The average molecular weight is 370 g/mol. The molecule has 0 atom stereocenters. The molecule has 0 saturated heterocycles. The molecule has 0 spiro atoms. The minimum atomic E-state index is -0.114. The van der Waals surface area contributed by atoms with E-state index in [0.29, 0.717) is 10.3 Å². The number of hydrogen-bond acceptors (Lipinski definition) is 6. The molecule has 25 heavy (non-hydrogen) atoms. The number of hydrogen-bond donors (Lipinski definition) is 2. The normalized spacial score (nSPS) is 11.1. The summed E-state index contributed by atoms with van der Waals surface area (Å²) in [6, 6.07) is 8.05. The lowest BCUT2D eigenvalue weighted by atomic mass is 10.1. The Morgan fingerprint density at radius 2 is 2.24 bits per heavy atom. The van der Waals surface area contributed by atoms with Gasteiger partial charge in [-0.2, -0.15) is 0 Å². The van der Waals surface area contributed by atoms with Gasteiger partial charge in [-0.05, 0) is 6.07 Å². The van der Waals surface area contributed by atoms with Gasteiger partial charge in [-0.3, -0.25) is 4.79 Å². The fraction of sp³-hybridized carbons (Fsp3) is 0.125. The van der Waals surface area contributed by atoms with Gasteiger partial charge < -0.3 is 14.9 Å². The van der Waals surface area contributed by atoms with E-state index in [-0.39, 0.29) is 11.7 Å². The molecule has 1 amide bonds. The average Bonchev–Trinajstić information content (AvgIpc) is 3.33. The summed E-state index contributed by atoms with van der Waals surface area (Å²) in [5, 5.41) is 15.5. The van der Waals surface area contributed by atoms with E-state index in [4.69, 9.17) is 0 Å². The highest BCUT2D eigenvalue weighted by molar-refractivity contribution is 7.99. The molecule has 0 bridgehead atoms. The number of thiazole rings is 1. The highest BCUT2D eigenvalue weighted by Crippen LogP contribution is 2.29. The Kier molecular flexibility index (Phi) is 4.24. The summed E-state index contributed by atoms with van der Waals surface area (Å²) < 4.78 is 1.90. The number of H-pyrrole nitrogens is 1. The second-order valence-corrected chi connectivity index (χ2v) is 7.12. The second kappa shape index (κ2) is 6.69. The van der Waals surface area contributed by atoms with Crippen molar-refractivity contribution >= 4 is 45.0 Å². The first-order valence-corrected chi connectivity index (χ1v) is 9.37. The summed E-state index contributed by atoms with van der Waals surface area (Å²) in [6.45, 7) is 0. The maximum atomic E-state index is 12.0. The zero-order chi connectivity index (χ0) is 17.2. The number of thioether (sulfide) groups is 1. The maximum absolute atomic E-state index is 12.0. The van der Waals surface area contributed by atoms with Crippen molar-refractivity contribution in [1.82, 2.24) is 24.7 Å². The molecule has 4 rings (SSSR count). The number of nitrogens with one attached hydrogen (secondary N) is 2. The van der Waals surface area contributed by atoms with Crippen molar-refractivity contribution in [2.75, 3.05) is 11.1 Å². The van der Waals surface area contributed by atoms with Gasteiger partial charge in [-0.25, -0.2) is 4.98 Å². The largest absolute Gasteiger partial charge is 0.360 e. The van der Waals surface area contributed by atoms with E-state index in [2.05, 4.69) is 25.5 Å². The lowest BCUT2D eigenvalue weighted by molar-refractivity contribution is -0.113. The van der Waals surface area contributed by atoms with Crippen LogP contribution in [0.5, 0.6) is 0 Å². The monoisotopic (exact) mass is 370 g/mol. The van der Waals surface area contributed by atoms with Gasteiger partial charge in [-0.1, -0.05) is 30.0 Å². The molecule has 3 aromatic heterocycles. The Hall–Kier alpha value is -2.65. The Morgan fingerprint density at radius 3 is 3.08 bits per heavy atom. The number of fused-ring (bicyclic) bond motifs is 1. The van der Waals surface area contributed by atoms with E-state index in [0.717, 1.165) is 22.3 Å². The zero-order valence-electron chi connectivity index (χ0n) is 13.3. The number of rotatable bonds is 5. The smallest absolute Gasteiger partial charge is 0.236 e. The predicted octanol–water partition coefficient (Wildman–Crippen LogP) is 3.15. The van der Waals surface area contributed by atoms with Gasteiger partial charge in [0, 0.05) is 41.3 Å². The van der Waals surface area contributed by atoms with E-state index < -0.39 is 0 Å². The molecule has 2 N–H and O–H groups in total. The summed E-state index contributed by atoms with van der Waals surface area (Å²) in [5.74, 6) is 0.899. The van der Waals surface area contributed by atoms with Gasteiger partial charge in [0.25, 0.3) is 0 Å². The molecule has 0 aliphatic carbocycles. The number of aromatic nitrogens is 5. The summed E-state index contributed by atoms with van der Waals surface area (Å²) in [7, 11) is 1.90. The number of carbonyl (C=O) groups excluding carboxylic acids is 1. The van der Waals surface area contributed by atoms with Crippen molar-refractivity contribution in [2.24, 2.45) is 7.05 Å². The zero-order valence-corrected chi connectivity index (χ0v) is 14.9. The molecule has 1 aromatic carbocycles.